The van der Waals surface area contributed by atoms with Gasteiger partial charge in [-0.3, -0.25) is 0 Å². The van der Waals surface area contributed by atoms with Crippen molar-refractivity contribution in [1.82, 2.24) is 0 Å². The van der Waals surface area contributed by atoms with Crippen molar-refractivity contribution >= 4 is 22.1 Å². The summed E-state index contributed by atoms with van der Waals surface area (Å²) in [4.78, 5) is 10.1. The average molecular weight is 181 g/mol. The van der Waals surface area contributed by atoms with Crippen molar-refractivity contribution < 1.29 is 14.3 Å². The largest absolute Gasteiger partial charge is 0.508 e. The number of carbonyl (C=O) groups excluding carboxylic acids is 1. The van der Waals surface area contributed by atoms with Crippen molar-refractivity contribution in [2.24, 2.45) is 0 Å². The molecule has 3 nitrogen and oxygen atoms in total. The minimum atomic E-state index is -0.561. The normalized spacial score (nSPS) is 27.1. The smallest absolute Gasteiger partial charge is 0.430 e. The van der Waals surface area contributed by atoms with Crippen LogP contribution >= 0.6 is 15.9 Å². The van der Waals surface area contributed by atoms with Crippen LogP contribution in [-0.4, -0.2) is 24.2 Å². The van der Waals surface area contributed by atoms with Crippen molar-refractivity contribution in [1.29, 1.82) is 0 Å². The first-order valence-electron chi connectivity index (χ1n) is 2.22. The number of rotatable bonds is 1. The first-order chi connectivity index (χ1) is 3.83. The van der Waals surface area contributed by atoms with Crippen LogP contribution in [0.15, 0.2) is 0 Å². The molecule has 8 heavy (non-hydrogen) atoms. The molecular weight excluding hydrogens is 176 g/mol. The summed E-state index contributed by atoms with van der Waals surface area (Å²) in [6.45, 7) is 0.379. The molecule has 0 amide bonds. The van der Waals surface area contributed by atoms with Gasteiger partial charge in [0.15, 0.2) is 0 Å². The zero-order valence-corrected chi connectivity index (χ0v) is 5.68. The highest BCUT2D eigenvalue weighted by Gasteiger charge is 2.22. The molecule has 1 unspecified atom stereocenters. The van der Waals surface area contributed by atoms with E-state index in [1.54, 1.807) is 0 Å². The number of ether oxygens (including phenoxy) is 2. The van der Waals surface area contributed by atoms with Gasteiger partial charge in [0.25, 0.3) is 0 Å². The predicted molar refractivity (Wildman–Crippen MR) is 30.0 cm³/mol. The Kier molecular flexibility index (Phi) is 1.73. The molecule has 0 spiro atoms. The Balaban J connectivity index is 2.32. The number of hydrogen-bond donors (Lipinski definition) is 0. The van der Waals surface area contributed by atoms with Gasteiger partial charge in [-0.15, -0.1) is 0 Å². The molecule has 0 aromatic carbocycles. The molecule has 0 radical (unpaired) electrons. The fraction of sp³-hybridized carbons (Fsp3) is 0.750. The van der Waals surface area contributed by atoms with Crippen LogP contribution in [0.25, 0.3) is 0 Å². The van der Waals surface area contributed by atoms with Crippen LogP contribution < -0.4 is 0 Å². The van der Waals surface area contributed by atoms with E-state index in [1.807, 2.05) is 0 Å². The molecule has 1 saturated heterocycles. The Hall–Kier alpha value is -0.250. The molecule has 1 aliphatic heterocycles. The van der Waals surface area contributed by atoms with Crippen LogP contribution in [0.2, 0.25) is 0 Å². The minimum Gasteiger partial charge on any atom is -0.430 e. The second-order valence-corrected chi connectivity index (χ2v) is 2.10. The summed E-state index contributed by atoms with van der Waals surface area (Å²) < 4.78 is 9.07. The SMILES string of the molecule is O=C1OCC(CBr)O1. The van der Waals surface area contributed by atoms with Crippen LogP contribution in [0.5, 0.6) is 0 Å². The summed E-state index contributed by atoms with van der Waals surface area (Å²) in [7, 11) is 0. The quantitative estimate of drug-likeness (QED) is 0.445. The van der Waals surface area contributed by atoms with E-state index in [4.69, 9.17) is 0 Å². The fourth-order valence-electron chi connectivity index (χ4n) is 0.441. The minimum absolute atomic E-state index is 0.0810. The molecular formula is C4H5BrO3. The molecule has 0 aromatic rings. The molecule has 46 valence electrons. The van der Waals surface area contributed by atoms with Crippen LogP contribution in [0.1, 0.15) is 0 Å². The first-order valence-corrected chi connectivity index (χ1v) is 3.34. The second-order valence-electron chi connectivity index (χ2n) is 1.46. The fourth-order valence-corrected chi connectivity index (χ4v) is 0.760. The molecule has 4 heteroatoms. The van der Waals surface area contributed by atoms with E-state index >= 15 is 0 Å². The van der Waals surface area contributed by atoms with Gasteiger partial charge in [0, 0.05) is 5.33 Å². The van der Waals surface area contributed by atoms with Crippen molar-refractivity contribution in [3.8, 4) is 0 Å². The lowest BCUT2D eigenvalue weighted by Crippen LogP contribution is -2.10. The lowest BCUT2D eigenvalue weighted by atomic mass is 10.5. The zero-order chi connectivity index (χ0) is 5.98. The van der Waals surface area contributed by atoms with Gasteiger partial charge >= 0.3 is 6.16 Å². The maximum Gasteiger partial charge on any atom is 0.508 e. The van der Waals surface area contributed by atoms with Crippen LogP contribution in [0, 0.1) is 0 Å². The molecule has 0 bridgehead atoms. The molecule has 0 aliphatic carbocycles. The van der Waals surface area contributed by atoms with E-state index in [9.17, 15) is 4.79 Å². The topological polar surface area (TPSA) is 35.5 Å². The number of carbonyl (C=O) groups is 1. The number of hydrogen-bond acceptors (Lipinski definition) is 3. The molecule has 1 rings (SSSR count). The van der Waals surface area contributed by atoms with Gasteiger partial charge in [0.2, 0.25) is 0 Å². The molecule has 1 heterocycles. The summed E-state index contributed by atoms with van der Waals surface area (Å²) in [5.74, 6) is 0. The van der Waals surface area contributed by atoms with Crippen molar-refractivity contribution in [3.05, 3.63) is 0 Å². The standard InChI is InChI=1S/C4H5BrO3/c5-1-3-2-7-4(6)8-3/h3H,1-2H2. The van der Waals surface area contributed by atoms with Gasteiger partial charge in [-0.05, 0) is 0 Å². The van der Waals surface area contributed by atoms with E-state index in [1.165, 1.54) is 0 Å². The molecule has 1 aliphatic rings. The zero-order valence-electron chi connectivity index (χ0n) is 4.09. The highest BCUT2D eigenvalue weighted by atomic mass is 79.9. The summed E-state index contributed by atoms with van der Waals surface area (Å²) in [6.07, 6.45) is -0.642. The predicted octanol–water partition coefficient (Wildman–Crippen LogP) is 0.917. The van der Waals surface area contributed by atoms with E-state index < -0.39 is 6.16 Å². The Morgan fingerprint density at radius 3 is 2.88 bits per heavy atom. The third-order valence-electron chi connectivity index (χ3n) is 0.822. The van der Waals surface area contributed by atoms with Gasteiger partial charge in [-0.2, -0.15) is 0 Å². The van der Waals surface area contributed by atoms with Crippen molar-refractivity contribution in [2.45, 2.75) is 6.10 Å². The lowest BCUT2D eigenvalue weighted by Gasteiger charge is -1.95. The van der Waals surface area contributed by atoms with Gasteiger partial charge < -0.3 is 9.47 Å². The van der Waals surface area contributed by atoms with Crippen LogP contribution in [0.4, 0.5) is 4.79 Å². The monoisotopic (exact) mass is 180 g/mol. The summed E-state index contributed by atoms with van der Waals surface area (Å²) >= 11 is 3.15. The van der Waals surface area contributed by atoms with Gasteiger partial charge in [0.1, 0.15) is 12.7 Å². The Morgan fingerprint density at radius 1 is 1.88 bits per heavy atom. The van der Waals surface area contributed by atoms with Crippen molar-refractivity contribution in [3.63, 3.8) is 0 Å². The second kappa shape index (κ2) is 2.35. The van der Waals surface area contributed by atoms with Crippen molar-refractivity contribution in [2.75, 3.05) is 11.9 Å². The Morgan fingerprint density at radius 2 is 2.62 bits per heavy atom. The summed E-state index contributed by atoms with van der Waals surface area (Å²) in [5.41, 5.74) is 0. The van der Waals surface area contributed by atoms with Crippen LogP contribution in [-0.2, 0) is 9.47 Å². The molecule has 1 fully saturated rings. The van der Waals surface area contributed by atoms with Gasteiger partial charge in [-0.25, -0.2) is 4.79 Å². The van der Waals surface area contributed by atoms with E-state index in [-0.39, 0.29) is 6.10 Å². The summed E-state index contributed by atoms with van der Waals surface area (Å²) in [6, 6.07) is 0. The third-order valence-corrected chi connectivity index (χ3v) is 1.54. The number of alkyl halides is 1. The van der Waals surface area contributed by atoms with E-state index in [0.717, 1.165) is 0 Å². The van der Waals surface area contributed by atoms with Crippen LogP contribution in [0.3, 0.4) is 0 Å². The highest BCUT2D eigenvalue weighted by molar-refractivity contribution is 9.09. The third kappa shape index (κ3) is 1.12. The Labute approximate surface area is 55.1 Å². The highest BCUT2D eigenvalue weighted by Crippen LogP contribution is 2.07. The molecule has 0 saturated carbocycles. The lowest BCUT2D eigenvalue weighted by molar-refractivity contribution is 0.122. The number of halogens is 1. The van der Waals surface area contributed by atoms with Gasteiger partial charge in [0.05, 0.1) is 0 Å². The molecule has 0 aromatic heterocycles. The maximum atomic E-state index is 10.1. The van der Waals surface area contributed by atoms with E-state index in [2.05, 4.69) is 25.4 Å². The Bertz CT molecular complexity index is 103. The maximum absolute atomic E-state index is 10.1. The molecule has 1 atom stereocenters. The average Bonchev–Trinajstić information content (AvgIpc) is 2.14. The van der Waals surface area contributed by atoms with E-state index in [0.29, 0.717) is 11.9 Å². The summed E-state index contributed by atoms with van der Waals surface area (Å²) in [5, 5.41) is 0.652. The first kappa shape index (κ1) is 5.88. The number of cyclic esters (lactones) is 2. The van der Waals surface area contributed by atoms with Gasteiger partial charge in [-0.1, -0.05) is 15.9 Å². The molecule has 0 N–H and O–H groups in total.